The van der Waals surface area contributed by atoms with Gasteiger partial charge in [-0.15, -0.1) is 0 Å². The molecule has 4 unspecified atom stereocenters. The first kappa shape index (κ1) is 9.84. The van der Waals surface area contributed by atoms with Gasteiger partial charge in [0.05, 0.1) is 0 Å². The van der Waals surface area contributed by atoms with Crippen LogP contribution in [-0.2, 0) is 19.6 Å². The molecule has 4 atom stereocenters. The second kappa shape index (κ2) is 4.22. The highest BCUT2D eigenvalue weighted by molar-refractivity contribution is 14.1. The molecule has 2 heterocycles. The van der Waals surface area contributed by atoms with Crippen LogP contribution in [-0.4, -0.2) is 33.3 Å². The van der Waals surface area contributed by atoms with E-state index in [4.69, 9.17) is 19.6 Å². The predicted molar refractivity (Wildman–Crippen MR) is 57.3 cm³/mol. The minimum Gasteiger partial charge on any atom is -0.229 e. The van der Waals surface area contributed by atoms with Gasteiger partial charge in [-0.25, -0.2) is 19.6 Å². The Bertz CT molecular complexity index is 146. The largest absolute Gasteiger partial charge is 0.229 e. The van der Waals surface area contributed by atoms with Crippen molar-refractivity contribution in [2.45, 2.75) is 24.4 Å². The van der Waals surface area contributed by atoms with Crippen molar-refractivity contribution < 1.29 is 19.6 Å². The van der Waals surface area contributed by atoms with E-state index in [0.717, 1.165) is 8.86 Å². The van der Waals surface area contributed by atoms with E-state index < -0.39 is 0 Å². The Kier molecular flexibility index (Phi) is 3.46. The lowest BCUT2D eigenvalue weighted by Gasteiger charge is -2.44. The van der Waals surface area contributed by atoms with E-state index in [9.17, 15) is 0 Å². The van der Waals surface area contributed by atoms with Gasteiger partial charge >= 0.3 is 0 Å². The minimum absolute atomic E-state index is 0.0652. The van der Waals surface area contributed by atoms with Crippen LogP contribution in [0, 0.1) is 0 Å². The molecule has 0 aliphatic carbocycles. The first-order chi connectivity index (χ1) is 5.86. The van der Waals surface area contributed by atoms with E-state index in [0.29, 0.717) is 0 Å². The van der Waals surface area contributed by atoms with Crippen molar-refractivity contribution in [1.29, 1.82) is 0 Å². The first-order valence-corrected chi connectivity index (χ1v) is 6.68. The lowest BCUT2D eigenvalue weighted by Crippen LogP contribution is -2.61. The van der Waals surface area contributed by atoms with Crippen LogP contribution in [0.4, 0.5) is 0 Å². The van der Waals surface area contributed by atoms with Crippen LogP contribution in [0.2, 0.25) is 0 Å². The Labute approximate surface area is 97.4 Å². The smallest absolute Gasteiger partial charge is 0.155 e. The van der Waals surface area contributed by atoms with E-state index >= 15 is 0 Å². The van der Waals surface area contributed by atoms with E-state index in [2.05, 4.69) is 45.2 Å². The molecule has 0 aromatic rings. The lowest BCUT2D eigenvalue weighted by atomic mass is 10.0. The number of alkyl halides is 2. The molecule has 0 spiro atoms. The third-order valence-corrected chi connectivity index (χ3v) is 3.68. The number of halogens is 2. The molecule has 0 amide bonds. The average molecular weight is 398 g/mol. The molecule has 12 heavy (non-hydrogen) atoms. The fourth-order valence-corrected chi connectivity index (χ4v) is 2.45. The number of hydrogen-bond donors (Lipinski definition) is 0. The highest BCUT2D eigenvalue weighted by Gasteiger charge is 2.50. The summed E-state index contributed by atoms with van der Waals surface area (Å²) in [6.07, 6.45) is 0.473. The fraction of sp³-hybridized carbons (Fsp3) is 1.00. The zero-order chi connectivity index (χ0) is 8.55. The SMILES string of the molecule is ICC1OOC1C1OOC1CI. The minimum atomic E-state index is 0.0652. The molecule has 2 aliphatic heterocycles. The molecule has 2 aliphatic rings. The van der Waals surface area contributed by atoms with Gasteiger partial charge in [0, 0.05) is 8.86 Å². The summed E-state index contributed by atoms with van der Waals surface area (Å²) in [5.74, 6) is 0. The second-order valence-electron chi connectivity index (χ2n) is 2.70. The summed E-state index contributed by atoms with van der Waals surface area (Å²) in [7, 11) is 0. The van der Waals surface area contributed by atoms with E-state index in [-0.39, 0.29) is 24.4 Å². The van der Waals surface area contributed by atoms with Gasteiger partial charge in [0.2, 0.25) is 0 Å². The topological polar surface area (TPSA) is 36.9 Å². The van der Waals surface area contributed by atoms with Crippen molar-refractivity contribution in [1.82, 2.24) is 0 Å². The van der Waals surface area contributed by atoms with Gasteiger partial charge in [0.1, 0.15) is 12.2 Å². The van der Waals surface area contributed by atoms with Gasteiger partial charge in [-0.3, -0.25) is 0 Å². The summed E-state index contributed by atoms with van der Waals surface area (Å²) in [4.78, 5) is 19.7. The summed E-state index contributed by atoms with van der Waals surface area (Å²) in [5.41, 5.74) is 0. The maximum Gasteiger partial charge on any atom is 0.155 e. The molecule has 0 aromatic carbocycles. The molecule has 2 rings (SSSR count). The molecule has 2 fully saturated rings. The van der Waals surface area contributed by atoms with Gasteiger partial charge in [0.15, 0.2) is 12.2 Å². The Morgan fingerprint density at radius 3 is 1.33 bits per heavy atom. The third-order valence-electron chi connectivity index (χ3n) is 1.94. The van der Waals surface area contributed by atoms with Gasteiger partial charge in [0.25, 0.3) is 0 Å². The molecule has 4 nitrogen and oxygen atoms in total. The van der Waals surface area contributed by atoms with Crippen LogP contribution in [0.3, 0.4) is 0 Å². The lowest BCUT2D eigenvalue weighted by molar-refractivity contribution is -0.545. The van der Waals surface area contributed by atoms with E-state index in [1.807, 2.05) is 0 Å². The third kappa shape index (κ3) is 1.61. The predicted octanol–water partition coefficient (Wildman–Crippen LogP) is 1.25. The second-order valence-corrected chi connectivity index (χ2v) is 4.46. The monoisotopic (exact) mass is 398 g/mol. The van der Waals surface area contributed by atoms with Crippen molar-refractivity contribution in [3.05, 3.63) is 0 Å². The molecule has 6 heteroatoms. The van der Waals surface area contributed by atoms with Gasteiger partial charge in [-0.2, -0.15) is 0 Å². The summed E-state index contributed by atoms with van der Waals surface area (Å²) < 4.78 is 1.85. The zero-order valence-corrected chi connectivity index (χ0v) is 10.4. The van der Waals surface area contributed by atoms with Crippen molar-refractivity contribution in [3.8, 4) is 0 Å². The van der Waals surface area contributed by atoms with Gasteiger partial charge < -0.3 is 0 Å². The molecule has 0 aromatic heterocycles. The normalized spacial score (nSPS) is 46.5. The van der Waals surface area contributed by atoms with Crippen molar-refractivity contribution >= 4 is 45.2 Å². The van der Waals surface area contributed by atoms with E-state index in [1.54, 1.807) is 0 Å². The summed E-state index contributed by atoms with van der Waals surface area (Å²) in [6.45, 7) is 0. The molecule has 0 radical (unpaired) electrons. The number of hydrogen-bond acceptors (Lipinski definition) is 4. The molecular formula is C6H8I2O4. The van der Waals surface area contributed by atoms with Crippen LogP contribution in [0.5, 0.6) is 0 Å². The Hall–Kier alpha value is 1.30. The number of rotatable bonds is 3. The van der Waals surface area contributed by atoms with Crippen LogP contribution < -0.4 is 0 Å². The molecule has 2 saturated heterocycles. The average Bonchev–Trinajstić information content (AvgIpc) is 1.97. The Balaban J connectivity index is 1.84. The highest BCUT2D eigenvalue weighted by Crippen LogP contribution is 2.32. The summed E-state index contributed by atoms with van der Waals surface area (Å²) in [6, 6.07) is 0. The molecule has 0 saturated carbocycles. The highest BCUT2D eigenvalue weighted by atomic mass is 127. The molecule has 70 valence electrons. The van der Waals surface area contributed by atoms with Crippen LogP contribution >= 0.6 is 45.2 Å². The zero-order valence-electron chi connectivity index (χ0n) is 6.11. The molecule has 0 bridgehead atoms. The van der Waals surface area contributed by atoms with Crippen molar-refractivity contribution in [2.24, 2.45) is 0 Å². The van der Waals surface area contributed by atoms with Crippen LogP contribution in [0.25, 0.3) is 0 Å². The standard InChI is InChI=1S/C6H8I2O4/c7-1-3-5(11-9-3)6-4(2-8)10-12-6/h3-6H,1-2H2. The van der Waals surface area contributed by atoms with E-state index in [1.165, 1.54) is 0 Å². The maximum atomic E-state index is 4.96. The summed E-state index contributed by atoms with van der Waals surface area (Å²) >= 11 is 4.54. The Morgan fingerprint density at radius 1 is 0.750 bits per heavy atom. The van der Waals surface area contributed by atoms with Crippen molar-refractivity contribution in [3.63, 3.8) is 0 Å². The summed E-state index contributed by atoms with van der Waals surface area (Å²) in [5, 5.41) is 0. The van der Waals surface area contributed by atoms with Crippen molar-refractivity contribution in [2.75, 3.05) is 8.86 Å². The molecule has 0 N–H and O–H groups in total. The fourth-order valence-electron chi connectivity index (χ4n) is 1.16. The Morgan fingerprint density at radius 2 is 1.17 bits per heavy atom. The molecular weight excluding hydrogens is 390 g/mol. The van der Waals surface area contributed by atoms with Crippen LogP contribution in [0.15, 0.2) is 0 Å². The van der Waals surface area contributed by atoms with Gasteiger partial charge in [-0.05, 0) is 0 Å². The maximum absolute atomic E-state index is 4.96. The van der Waals surface area contributed by atoms with Crippen LogP contribution in [0.1, 0.15) is 0 Å². The van der Waals surface area contributed by atoms with Gasteiger partial charge in [-0.1, -0.05) is 45.2 Å². The quantitative estimate of drug-likeness (QED) is 0.408. The first-order valence-electron chi connectivity index (χ1n) is 3.63.